The summed E-state index contributed by atoms with van der Waals surface area (Å²) in [5, 5.41) is 16.0. The van der Waals surface area contributed by atoms with Crippen molar-refractivity contribution in [1.29, 1.82) is 0 Å². The van der Waals surface area contributed by atoms with E-state index in [2.05, 4.69) is 20.4 Å². The average molecular weight is 369 g/mol. The first kappa shape index (κ1) is 18.7. The van der Waals surface area contributed by atoms with Gasteiger partial charge in [0.15, 0.2) is 0 Å². The molecule has 27 heavy (non-hydrogen) atoms. The number of nitrogens with zero attached hydrogens (tertiary/aromatic N) is 4. The third kappa shape index (κ3) is 3.85. The molecule has 0 spiro atoms. The lowest BCUT2D eigenvalue weighted by atomic mass is 10.1. The largest absolute Gasteiger partial charge is 0.394 e. The molecule has 1 aromatic carbocycles. The Labute approximate surface area is 155 Å². The highest BCUT2D eigenvalue weighted by molar-refractivity contribution is 5.95. The summed E-state index contributed by atoms with van der Waals surface area (Å²) in [7, 11) is 0. The highest BCUT2D eigenvalue weighted by Gasteiger charge is 2.18. The Morgan fingerprint density at radius 3 is 2.63 bits per heavy atom. The monoisotopic (exact) mass is 369 g/mol. The predicted octanol–water partition coefficient (Wildman–Crippen LogP) is 2.20. The molecule has 140 valence electrons. The molecule has 0 aliphatic heterocycles. The van der Waals surface area contributed by atoms with Crippen LogP contribution < -0.4 is 5.32 Å². The number of carbonyl (C=O) groups is 1. The first-order chi connectivity index (χ1) is 12.9. The van der Waals surface area contributed by atoms with Gasteiger partial charge in [0.2, 0.25) is 0 Å². The van der Waals surface area contributed by atoms with Crippen LogP contribution in [0.5, 0.6) is 0 Å². The Balaban J connectivity index is 1.97. The first-order valence-electron chi connectivity index (χ1n) is 8.47. The van der Waals surface area contributed by atoms with Gasteiger partial charge in [-0.1, -0.05) is 0 Å². The fraction of sp³-hybridized carbons (Fsp3) is 0.263. The number of aliphatic hydroxyl groups is 1. The van der Waals surface area contributed by atoms with E-state index in [1.807, 2.05) is 6.92 Å². The molecule has 1 unspecified atom stereocenters. The number of nitrogens with one attached hydrogen (secondary N) is 1. The van der Waals surface area contributed by atoms with Gasteiger partial charge in [0.05, 0.1) is 29.8 Å². The lowest BCUT2D eigenvalue weighted by Crippen LogP contribution is -2.35. The smallest absolute Gasteiger partial charge is 0.255 e. The summed E-state index contributed by atoms with van der Waals surface area (Å²) in [6.07, 6.45) is 3.10. The third-order valence-corrected chi connectivity index (χ3v) is 4.17. The van der Waals surface area contributed by atoms with Crippen molar-refractivity contribution in [3.63, 3.8) is 0 Å². The zero-order valence-electron chi connectivity index (χ0n) is 15.3. The van der Waals surface area contributed by atoms with E-state index in [-0.39, 0.29) is 24.4 Å². The lowest BCUT2D eigenvalue weighted by molar-refractivity contribution is 0.0921. The average Bonchev–Trinajstić information content (AvgIpc) is 3.04. The maximum Gasteiger partial charge on any atom is 0.255 e. The molecule has 3 aromatic rings. The Kier molecular flexibility index (Phi) is 5.27. The molecule has 3 rings (SSSR count). The number of rotatable bonds is 5. The molecular formula is C19H20FN5O2. The van der Waals surface area contributed by atoms with Gasteiger partial charge in [-0.2, -0.15) is 5.10 Å². The SMILES string of the molecule is Cc1cnc(-n2ncc(C(=O)NC(C)CO)c2C)nc1-c1ccc(F)cc1. The van der Waals surface area contributed by atoms with Gasteiger partial charge in [-0.15, -0.1) is 0 Å². The summed E-state index contributed by atoms with van der Waals surface area (Å²) in [6, 6.07) is 5.70. The number of aromatic nitrogens is 4. The van der Waals surface area contributed by atoms with Crippen molar-refractivity contribution in [2.75, 3.05) is 6.61 Å². The number of benzene rings is 1. The third-order valence-electron chi connectivity index (χ3n) is 4.17. The minimum absolute atomic E-state index is 0.152. The van der Waals surface area contributed by atoms with Crippen molar-refractivity contribution in [3.05, 3.63) is 59.3 Å². The van der Waals surface area contributed by atoms with Gasteiger partial charge < -0.3 is 10.4 Å². The molecular weight excluding hydrogens is 349 g/mol. The van der Waals surface area contributed by atoms with Gasteiger partial charge in [0.1, 0.15) is 5.82 Å². The molecule has 1 amide bonds. The van der Waals surface area contributed by atoms with Crippen molar-refractivity contribution in [3.8, 4) is 17.2 Å². The number of halogens is 1. The van der Waals surface area contributed by atoms with Crippen LogP contribution in [-0.4, -0.2) is 43.4 Å². The summed E-state index contributed by atoms with van der Waals surface area (Å²) >= 11 is 0. The molecule has 2 aromatic heterocycles. The van der Waals surface area contributed by atoms with Crippen LogP contribution in [0.4, 0.5) is 4.39 Å². The zero-order chi connectivity index (χ0) is 19.6. The second-order valence-electron chi connectivity index (χ2n) is 6.32. The number of amides is 1. The van der Waals surface area contributed by atoms with Crippen LogP contribution in [-0.2, 0) is 0 Å². The van der Waals surface area contributed by atoms with E-state index in [1.54, 1.807) is 32.2 Å². The highest BCUT2D eigenvalue weighted by atomic mass is 19.1. The lowest BCUT2D eigenvalue weighted by Gasteiger charge is -2.11. The molecule has 0 saturated heterocycles. The summed E-state index contributed by atoms with van der Waals surface area (Å²) in [5.41, 5.74) is 3.21. The number of aryl methyl sites for hydroxylation is 1. The molecule has 0 bridgehead atoms. The quantitative estimate of drug-likeness (QED) is 0.719. The van der Waals surface area contributed by atoms with Crippen LogP contribution in [0, 0.1) is 19.7 Å². The molecule has 0 aliphatic carbocycles. The van der Waals surface area contributed by atoms with E-state index in [9.17, 15) is 9.18 Å². The van der Waals surface area contributed by atoms with Crippen molar-refractivity contribution >= 4 is 5.91 Å². The zero-order valence-corrected chi connectivity index (χ0v) is 15.3. The minimum atomic E-state index is -0.360. The first-order valence-corrected chi connectivity index (χ1v) is 8.47. The van der Waals surface area contributed by atoms with Crippen LogP contribution in [0.25, 0.3) is 17.2 Å². The van der Waals surface area contributed by atoms with Crippen molar-refractivity contribution in [2.24, 2.45) is 0 Å². The van der Waals surface area contributed by atoms with Gasteiger partial charge in [-0.25, -0.2) is 19.0 Å². The number of aliphatic hydroxyl groups excluding tert-OH is 1. The van der Waals surface area contributed by atoms with Crippen LogP contribution in [0.3, 0.4) is 0 Å². The van der Waals surface area contributed by atoms with Crippen molar-refractivity contribution < 1.29 is 14.3 Å². The molecule has 2 N–H and O–H groups in total. The topological polar surface area (TPSA) is 92.9 Å². The maximum atomic E-state index is 13.2. The van der Waals surface area contributed by atoms with Crippen LogP contribution in [0.1, 0.15) is 28.5 Å². The molecule has 0 saturated carbocycles. The van der Waals surface area contributed by atoms with E-state index >= 15 is 0 Å². The Morgan fingerprint density at radius 1 is 1.26 bits per heavy atom. The maximum absolute atomic E-state index is 13.2. The molecule has 0 aliphatic rings. The van der Waals surface area contributed by atoms with Crippen LogP contribution in [0.2, 0.25) is 0 Å². The van der Waals surface area contributed by atoms with Gasteiger partial charge in [0, 0.05) is 17.8 Å². The van der Waals surface area contributed by atoms with E-state index < -0.39 is 0 Å². The molecule has 8 heteroatoms. The fourth-order valence-corrected chi connectivity index (χ4v) is 2.62. The van der Waals surface area contributed by atoms with Gasteiger partial charge in [-0.3, -0.25) is 4.79 Å². The Morgan fingerprint density at radius 2 is 1.96 bits per heavy atom. The standard InChI is InChI=1S/C19H20FN5O2/c1-11-8-21-19(24-17(11)14-4-6-15(20)7-5-14)25-13(3)16(9-22-25)18(27)23-12(2)10-26/h4-9,12,26H,10H2,1-3H3,(H,23,27). The molecule has 0 radical (unpaired) electrons. The molecule has 2 heterocycles. The summed E-state index contributed by atoms with van der Waals surface area (Å²) in [4.78, 5) is 21.2. The summed E-state index contributed by atoms with van der Waals surface area (Å²) in [6.45, 7) is 5.16. The predicted molar refractivity (Wildman–Crippen MR) is 98.0 cm³/mol. The van der Waals surface area contributed by atoms with E-state index in [1.165, 1.54) is 23.0 Å². The normalized spacial score (nSPS) is 12.0. The number of hydrogen-bond donors (Lipinski definition) is 2. The Hall–Kier alpha value is -3.13. The summed E-state index contributed by atoms with van der Waals surface area (Å²) in [5.74, 6) is -0.334. The Bertz CT molecular complexity index is 969. The fourth-order valence-electron chi connectivity index (χ4n) is 2.62. The van der Waals surface area contributed by atoms with Crippen LogP contribution >= 0.6 is 0 Å². The second-order valence-corrected chi connectivity index (χ2v) is 6.32. The van der Waals surface area contributed by atoms with Gasteiger partial charge in [0.25, 0.3) is 11.9 Å². The van der Waals surface area contributed by atoms with E-state index in [0.717, 1.165) is 11.1 Å². The summed E-state index contributed by atoms with van der Waals surface area (Å²) < 4.78 is 14.7. The molecule has 1 atom stereocenters. The number of hydrogen-bond acceptors (Lipinski definition) is 5. The molecule has 0 fully saturated rings. The van der Waals surface area contributed by atoms with Crippen molar-refractivity contribution in [2.45, 2.75) is 26.8 Å². The van der Waals surface area contributed by atoms with E-state index in [4.69, 9.17) is 5.11 Å². The second kappa shape index (κ2) is 7.63. The van der Waals surface area contributed by atoms with Crippen molar-refractivity contribution in [1.82, 2.24) is 25.1 Å². The van der Waals surface area contributed by atoms with Gasteiger partial charge in [-0.05, 0) is 50.6 Å². The highest BCUT2D eigenvalue weighted by Crippen LogP contribution is 2.22. The van der Waals surface area contributed by atoms with Crippen LogP contribution in [0.15, 0.2) is 36.7 Å². The minimum Gasteiger partial charge on any atom is -0.394 e. The molecule has 7 nitrogen and oxygen atoms in total. The number of carbonyl (C=O) groups excluding carboxylic acids is 1. The van der Waals surface area contributed by atoms with E-state index in [0.29, 0.717) is 22.9 Å². The van der Waals surface area contributed by atoms with Gasteiger partial charge >= 0.3 is 0 Å².